The van der Waals surface area contributed by atoms with E-state index in [9.17, 15) is 4.79 Å². The predicted octanol–water partition coefficient (Wildman–Crippen LogP) is 0.592. The third kappa shape index (κ3) is 4.09. The van der Waals surface area contributed by atoms with Crippen LogP contribution in [0.4, 0.5) is 0 Å². The van der Waals surface area contributed by atoms with E-state index >= 15 is 0 Å². The van der Waals surface area contributed by atoms with Crippen LogP contribution in [0.2, 0.25) is 0 Å². The summed E-state index contributed by atoms with van der Waals surface area (Å²) < 4.78 is 0. The molecule has 0 aliphatic carbocycles. The molecule has 3 heteroatoms. The van der Waals surface area contributed by atoms with Crippen molar-refractivity contribution in [1.82, 2.24) is 10.9 Å². The van der Waals surface area contributed by atoms with Crippen LogP contribution in [0, 0.1) is 0 Å². The lowest BCUT2D eigenvalue weighted by molar-refractivity contribution is -0.118. The molecule has 0 radical (unpaired) electrons. The molecule has 10 heavy (non-hydrogen) atoms. The fourth-order valence-corrected chi connectivity index (χ4v) is 0.317. The topological polar surface area (TPSA) is 41.1 Å². The summed E-state index contributed by atoms with van der Waals surface area (Å²) in [5.74, 6) is -0.159. The number of hydrazine groups is 1. The molecule has 0 unspecified atom stereocenters. The normalized spacial score (nSPS) is 9.60. The molecule has 3 nitrogen and oxygen atoms in total. The molecule has 0 bridgehead atoms. The Morgan fingerprint density at radius 3 is 2.30 bits per heavy atom. The fourth-order valence-electron chi connectivity index (χ4n) is 0.317. The molecule has 0 saturated heterocycles. The number of amides is 1. The van der Waals surface area contributed by atoms with Crippen molar-refractivity contribution in [3.63, 3.8) is 0 Å². The van der Waals surface area contributed by atoms with Crippen LogP contribution in [0.5, 0.6) is 0 Å². The molecule has 0 aromatic carbocycles. The van der Waals surface area contributed by atoms with Crippen LogP contribution in [-0.4, -0.2) is 11.9 Å². The van der Waals surface area contributed by atoms with Gasteiger partial charge in [-0.05, 0) is 20.8 Å². The van der Waals surface area contributed by atoms with E-state index in [0.717, 1.165) is 0 Å². The maximum Gasteiger partial charge on any atom is 0.260 e. The molecule has 0 fully saturated rings. The molecule has 0 aromatic rings. The molecular formula is C7H14N2O. The number of carbonyl (C=O) groups excluding carboxylic acids is 1. The smallest absolute Gasteiger partial charge is 0.260 e. The molecule has 2 N–H and O–H groups in total. The van der Waals surface area contributed by atoms with E-state index < -0.39 is 0 Å². The lowest BCUT2D eigenvalue weighted by atomic mass is 10.3. The van der Waals surface area contributed by atoms with Crippen LogP contribution in [0.15, 0.2) is 12.2 Å². The average molecular weight is 142 g/mol. The summed E-state index contributed by atoms with van der Waals surface area (Å²) >= 11 is 0. The minimum atomic E-state index is -0.159. The van der Waals surface area contributed by atoms with Gasteiger partial charge in [-0.25, -0.2) is 5.43 Å². The first-order chi connectivity index (χ1) is 4.54. The third-order valence-electron chi connectivity index (χ3n) is 0.862. The van der Waals surface area contributed by atoms with Gasteiger partial charge in [0.05, 0.1) is 0 Å². The molecule has 0 aromatic heterocycles. The van der Waals surface area contributed by atoms with Crippen molar-refractivity contribution in [1.29, 1.82) is 0 Å². The molecule has 0 rings (SSSR count). The maximum atomic E-state index is 10.8. The Hall–Kier alpha value is -0.830. The highest BCUT2D eigenvalue weighted by atomic mass is 16.2. The van der Waals surface area contributed by atoms with Gasteiger partial charge in [-0.15, -0.1) is 0 Å². The van der Waals surface area contributed by atoms with E-state index in [2.05, 4.69) is 17.4 Å². The lowest BCUT2D eigenvalue weighted by Crippen LogP contribution is -2.41. The molecule has 0 saturated carbocycles. The summed E-state index contributed by atoms with van der Waals surface area (Å²) in [7, 11) is 0. The first-order valence-electron chi connectivity index (χ1n) is 3.25. The second kappa shape index (κ2) is 4.06. The average Bonchev–Trinajstić information content (AvgIpc) is 1.82. The van der Waals surface area contributed by atoms with E-state index in [0.29, 0.717) is 5.57 Å². The van der Waals surface area contributed by atoms with E-state index in [4.69, 9.17) is 0 Å². The summed E-state index contributed by atoms with van der Waals surface area (Å²) in [5.41, 5.74) is 5.77. The van der Waals surface area contributed by atoms with Gasteiger partial charge in [-0.1, -0.05) is 6.58 Å². The fraction of sp³-hybridized carbons (Fsp3) is 0.571. The minimum absolute atomic E-state index is 0.159. The van der Waals surface area contributed by atoms with Gasteiger partial charge in [0.15, 0.2) is 0 Å². The van der Waals surface area contributed by atoms with Crippen LogP contribution in [0.3, 0.4) is 0 Å². The van der Waals surface area contributed by atoms with Crippen molar-refractivity contribution < 1.29 is 4.79 Å². The number of nitrogens with one attached hydrogen (secondary N) is 2. The predicted molar refractivity (Wildman–Crippen MR) is 41.2 cm³/mol. The van der Waals surface area contributed by atoms with Gasteiger partial charge in [0, 0.05) is 11.6 Å². The summed E-state index contributed by atoms with van der Waals surface area (Å²) in [6, 6.07) is 0.253. The van der Waals surface area contributed by atoms with Gasteiger partial charge in [0.1, 0.15) is 0 Å². The van der Waals surface area contributed by atoms with E-state index in [1.807, 2.05) is 13.8 Å². The molecule has 0 atom stereocenters. The molecule has 0 aliphatic heterocycles. The lowest BCUT2D eigenvalue weighted by Gasteiger charge is -2.08. The van der Waals surface area contributed by atoms with Crippen molar-refractivity contribution in [3.05, 3.63) is 12.2 Å². The standard InChI is InChI=1S/C7H14N2O/c1-5(2)7(10)9-8-6(3)4/h6,8H,1H2,2-4H3,(H,9,10). The maximum absolute atomic E-state index is 10.8. The molecule has 0 spiro atoms. The minimum Gasteiger partial charge on any atom is -0.288 e. The second-order valence-electron chi connectivity index (χ2n) is 2.53. The Labute approximate surface area is 61.5 Å². The SMILES string of the molecule is C=C(C)C(=O)NNC(C)C. The highest BCUT2D eigenvalue weighted by Crippen LogP contribution is 1.83. The summed E-state index contributed by atoms with van der Waals surface area (Å²) in [6.45, 7) is 9.03. The highest BCUT2D eigenvalue weighted by molar-refractivity contribution is 5.91. The van der Waals surface area contributed by atoms with Gasteiger partial charge < -0.3 is 0 Å². The number of hydrogen-bond acceptors (Lipinski definition) is 2. The van der Waals surface area contributed by atoms with E-state index in [-0.39, 0.29) is 11.9 Å². The monoisotopic (exact) mass is 142 g/mol. The highest BCUT2D eigenvalue weighted by Gasteiger charge is 1.99. The molecule has 0 aliphatic rings. The van der Waals surface area contributed by atoms with E-state index in [1.165, 1.54) is 0 Å². The number of carbonyl (C=O) groups is 1. The molecule has 58 valence electrons. The van der Waals surface area contributed by atoms with Gasteiger partial charge in [-0.2, -0.15) is 0 Å². The largest absolute Gasteiger partial charge is 0.288 e. The van der Waals surface area contributed by atoms with Gasteiger partial charge >= 0.3 is 0 Å². The Balaban J connectivity index is 3.50. The van der Waals surface area contributed by atoms with Crippen molar-refractivity contribution in [3.8, 4) is 0 Å². The van der Waals surface area contributed by atoms with Crippen LogP contribution in [0.25, 0.3) is 0 Å². The quantitative estimate of drug-likeness (QED) is 0.447. The third-order valence-corrected chi connectivity index (χ3v) is 0.862. The molecule has 1 amide bonds. The van der Waals surface area contributed by atoms with Gasteiger partial charge in [-0.3, -0.25) is 10.2 Å². The molecule has 0 heterocycles. The summed E-state index contributed by atoms with van der Waals surface area (Å²) in [4.78, 5) is 10.8. The Morgan fingerprint density at radius 2 is 2.00 bits per heavy atom. The van der Waals surface area contributed by atoms with E-state index in [1.54, 1.807) is 6.92 Å². The molecular weight excluding hydrogens is 128 g/mol. The van der Waals surface area contributed by atoms with Gasteiger partial charge in [0.2, 0.25) is 0 Å². The number of hydrogen-bond donors (Lipinski definition) is 2. The van der Waals surface area contributed by atoms with Crippen LogP contribution in [-0.2, 0) is 4.79 Å². The zero-order chi connectivity index (χ0) is 8.15. The summed E-state index contributed by atoms with van der Waals surface area (Å²) in [5, 5.41) is 0. The Kier molecular flexibility index (Phi) is 3.72. The van der Waals surface area contributed by atoms with Crippen LogP contribution < -0.4 is 10.9 Å². The Bertz CT molecular complexity index is 141. The van der Waals surface area contributed by atoms with Crippen molar-refractivity contribution in [2.24, 2.45) is 0 Å². The Morgan fingerprint density at radius 1 is 1.50 bits per heavy atom. The second-order valence-corrected chi connectivity index (χ2v) is 2.53. The van der Waals surface area contributed by atoms with Crippen molar-refractivity contribution in [2.75, 3.05) is 0 Å². The number of rotatable bonds is 3. The van der Waals surface area contributed by atoms with Gasteiger partial charge in [0.25, 0.3) is 5.91 Å². The van der Waals surface area contributed by atoms with Crippen molar-refractivity contribution in [2.45, 2.75) is 26.8 Å². The zero-order valence-electron chi connectivity index (χ0n) is 6.69. The first kappa shape index (κ1) is 9.17. The van der Waals surface area contributed by atoms with Crippen LogP contribution in [0.1, 0.15) is 20.8 Å². The first-order valence-corrected chi connectivity index (χ1v) is 3.25. The van der Waals surface area contributed by atoms with Crippen LogP contribution >= 0.6 is 0 Å². The summed E-state index contributed by atoms with van der Waals surface area (Å²) in [6.07, 6.45) is 0. The van der Waals surface area contributed by atoms with Crippen molar-refractivity contribution >= 4 is 5.91 Å². The zero-order valence-corrected chi connectivity index (χ0v) is 6.69.